The maximum atomic E-state index is 12.6. The molecule has 1 aromatic carbocycles. The van der Waals surface area contributed by atoms with Gasteiger partial charge < -0.3 is 20.9 Å². The van der Waals surface area contributed by atoms with Crippen molar-refractivity contribution in [2.45, 2.75) is 6.04 Å². The number of hydrogen-bond donors (Lipinski definition) is 3. The predicted molar refractivity (Wildman–Crippen MR) is 94.9 cm³/mol. The van der Waals surface area contributed by atoms with Gasteiger partial charge in [-0.05, 0) is 17.7 Å². The first-order chi connectivity index (χ1) is 13.8. The van der Waals surface area contributed by atoms with Crippen LogP contribution < -0.4 is 11.1 Å². The number of aromatic carboxylic acids is 1. The Morgan fingerprint density at radius 1 is 1.21 bits per heavy atom. The fraction of sp³-hybridized carbons (Fsp3) is 0.118. The molecule has 12 heteroatoms. The summed E-state index contributed by atoms with van der Waals surface area (Å²) in [6.07, 6.45) is 1.18. The summed E-state index contributed by atoms with van der Waals surface area (Å²) in [5.41, 5.74) is 5.37. The van der Waals surface area contributed by atoms with Crippen LogP contribution in [0.25, 0.3) is 5.65 Å². The summed E-state index contributed by atoms with van der Waals surface area (Å²) < 4.78 is 5.55. The van der Waals surface area contributed by atoms with Gasteiger partial charge in [-0.3, -0.25) is 9.59 Å². The number of fused-ring (bicyclic) bond motifs is 1. The molecule has 0 bridgehead atoms. The molecule has 0 saturated heterocycles. The molecule has 0 aliphatic heterocycles. The van der Waals surface area contributed by atoms with Gasteiger partial charge in [0.25, 0.3) is 5.91 Å². The lowest BCUT2D eigenvalue weighted by Crippen LogP contribution is -2.38. The number of rotatable bonds is 6. The molecule has 29 heavy (non-hydrogen) atoms. The lowest BCUT2D eigenvalue weighted by molar-refractivity contribution is -0.120. The van der Waals surface area contributed by atoms with Gasteiger partial charge in [0.05, 0.1) is 18.9 Å². The summed E-state index contributed by atoms with van der Waals surface area (Å²) in [6.45, 7) is 0. The first-order valence-electron chi connectivity index (χ1n) is 8.05. The van der Waals surface area contributed by atoms with Crippen molar-refractivity contribution < 1.29 is 29.0 Å². The molecule has 2 heterocycles. The fourth-order valence-electron chi connectivity index (χ4n) is 2.55. The van der Waals surface area contributed by atoms with E-state index in [4.69, 9.17) is 5.73 Å². The van der Waals surface area contributed by atoms with Crippen LogP contribution in [-0.4, -0.2) is 55.8 Å². The average Bonchev–Trinajstić information content (AvgIpc) is 3.18. The number of nitrogens with zero attached hydrogens (tertiary/aromatic N) is 4. The summed E-state index contributed by atoms with van der Waals surface area (Å²) in [4.78, 5) is 51.3. The minimum absolute atomic E-state index is 0.0353. The minimum Gasteiger partial charge on any atom is -0.477 e. The highest BCUT2D eigenvalue weighted by Gasteiger charge is 2.24. The van der Waals surface area contributed by atoms with Crippen molar-refractivity contribution in [3.63, 3.8) is 0 Å². The molecule has 2 aromatic heterocycles. The molecular formula is C17H14N6O6. The Labute approximate surface area is 162 Å². The smallest absolute Gasteiger partial charge is 0.354 e. The van der Waals surface area contributed by atoms with E-state index in [0.29, 0.717) is 5.56 Å². The molecule has 0 aliphatic carbocycles. The van der Waals surface area contributed by atoms with Crippen LogP contribution in [-0.2, 0) is 9.53 Å². The molecule has 0 spiro atoms. The molecule has 148 valence electrons. The second kappa shape index (κ2) is 7.72. The molecule has 3 rings (SSSR count). The number of nitrogens with two attached hydrogens (primary N) is 1. The first-order valence-corrected chi connectivity index (χ1v) is 8.05. The summed E-state index contributed by atoms with van der Waals surface area (Å²) in [6, 6.07) is 5.44. The van der Waals surface area contributed by atoms with Gasteiger partial charge in [-0.2, -0.15) is 4.52 Å². The number of benzene rings is 1. The Hall–Kier alpha value is -4.35. The van der Waals surface area contributed by atoms with Gasteiger partial charge in [0.15, 0.2) is 11.3 Å². The fourth-order valence-corrected chi connectivity index (χ4v) is 2.55. The van der Waals surface area contributed by atoms with E-state index >= 15 is 0 Å². The number of carboxylic acids is 1. The normalized spacial score (nSPS) is 11.6. The third-order valence-electron chi connectivity index (χ3n) is 3.94. The second-order valence-electron chi connectivity index (χ2n) is 5.76. The van der Waals surface area contributed by atoms with Crippen molar-refractivity contribution in [3.05, 3.63) is 59.0 Å². The molecule has 0 fully saturated rings. The number of primary amides is 1. The Kier molecular flexibility index (Phi) is 5.17. The molecule has 0 saturated carbocycles. The van der Waals surface area contributed by atoms with Crippen molar-refractivity contribution in [2.24, 2.45) is 5.73 Å². The Morgan fingerprint density at radius 3 is 2.48 bits per heavy atom. The number of hydrogen-bond acceptors (Lipinski definition) is 8. The van der Waals surface area contributed by atoms with E-state index in [0.717, 1.165) is 10.6 Å². The van der Waals surface area contributed by atoms with Gasteiger partial charge in [-0.15, -0.1) is 5.10 Å². The third-order valence-corrected chi connectivity index (χ3v) is 3.94. The van der Waals surface area contributed by atoms with E-state index in [1.807, 2.05) is 0 Å². The van der Waals surface area contributed by atoms with Crippen LogP contribution in [0.3, 0.4) is 0 Å². The number of carbonyl (C=O) groups excluding carboxylic acids is 3. The zero-order chi connectivity index (χ0) is 21.1. The Balaban J connectivity index is 1.90. The van der Waals surface area contributed by atoms with Gasteiger partial charge in [-0.25, -0.2) is 14.6 Å². The SMILES string of the molecule is COC(=O)c1ccc([C@@H](NC(=O)c2cc(C(=O)O)n3nncc3n2)C(N)=O)cc1. The molecule has 0 aliphatic rings. The van der Waals surface area contributed by atoms with E-state index < -0.39 is 29.8 Å². The number of carbonyl (C=O) groups is 4. The van der Waals surface area contributed by atoms with Gasteiger partial charge >= 0.3 is 11.9 Å². The van der Waals surface area contributed by atoms with Crippen LogP contribution in [0.5, 0.6) is 0 Å². The van der Waals surface area contributed by atoms with E-state index in [1.165, 1.54) is 37.6 Å². The number of esters is 1. The van der Waals surface area contributed by atoms with Crippen LogP contribution in [0.2, 0.25) is 0 Å². The number of nitrogens with one attached hydrogen (secondary N) is 1. The highest BCUT2D eigenvalue weighted by Crippen LogP contribution is 2.16. The maximum Gasteiger partial charge on any atom is 0.354 e. The topological polar surface area (TPSA) is 179 Å². The summed E-state index contributed by atoms with van der Waals surface area (Å²) in [5.74, 6) is -3.61. The van der Waals surface area contributed by atoms with Gasteiger partial charge in [0.2, 0.25) is 5.91 Å². The zero-order valence-electron chi connectivity index (χ0n) is 14.9. The quantitative estimate of drug-likeness (QED) is 0.464. The number of ether oxygens (including phenoxy) is 1. The number of methoxy groups -OCH3 is 1. The molecule has 12 nitrogen and oxygen atoms in total. The van der Waals surface area contributed by atoms with Gasteiger partial charge in [0.1, 0.15) is 11.7 Å². The molecule has 1 atom stereocenters. The predicted octanol–water partition coefficient (Wildman–Crippen LogP) is -0.434. The zero-order valence-corrected chi connectivity index (χ0v) is 14.9. The van der Waals surface area contributed by atoms with Crippen LogP contribution >= 0.6 is 0 Å². The van der Waals surface area contributed by atoms with Crippen LogP contribution in [0.4, 0.5) is 0 Å². The van der Waals surface area contributed by atoms with Crippen LogP contribution in [0.1, 0.15) is 42.9 Å². The standard InChI is InChI=1S/C17H14N6O6/c1-29-17(28)9-4-2-8(3-5-9)13(14(18)24)21-15(25)10-6-11(16(26)27)23-12(20-10)7-19-22-23/h2-7,13H,1H3,(H2,18,24)(H,21,25)(H,26,27)/t13-/m1/s1. The van der Waals surface area contributed by atoms with Gasteiger partial charge in [-0.1, -0.05) is 17.3 Å². The minimum atomic E-state index is -1.35. The van der Waals surface area contributed by atoms with E-state index in [2.05, 4.69) is 25.3 Å². The van der Waals surface area contributed by atoms with Crippen molar-refractivity contribution in [1.82, 2.24) is 25.1 Å². The second-order valence-corrected chi connectivity index (χ2v) is 5.76. The average molecular weight is 398 g/mol. The molecule has 3 aromatic rings. The van der Waals surface area contributed by atoms with Crippen LogP contribution in [0.15, 0.2) is 36.5 Å². The number of amides is 2. The number of carboxylic acid groups (broad SMARTS) is 1. The lowest BCUT2D eigenvalue weighted by atomic mass is 10.0. The third kappa shape index (κ3) is 3.85. The highest BCUT2D eigenvalue weighted by atomic mass is 16.5. The van der Waals surface area contributed by atoms with Crippen LogP contribution in [0, 0.1) is 0 Å². The lowest BCUT2D eigenvalue weighted by Gasteiger charge is -2.16. The maximum absolute atomic E-state index is 12.6. The monoisotopic (exact) mass is 398 g/mol. The number of aromatic nitrogens is 4. The summed E-state index contributed by atoms with van der Waals surface area (Å²) in [5, 5.41) is 18.8. The molecule has 4 N–H and O–H groups in total. The molecule has 0 radical (unpaired) electrons. The van der Waals surface area contributed by atoms with Crippen molar-refractivity contribution in [2.75, 3.05) is 7.11 Å². The molecular weight excluding hydrogens is 384 g/mol. The van der Waals surface area contributed by atoms with Gasteiger partial charge in [0, 0.05) is 6.07 Å². The highest BCUT2D eigenvalue weighted by molar-refractivity contribution is 5.98. The largest absolute Gasteiger partial charge is 0.477 e. The Morgan fingerprint density at radius 2 is 1.90 bits per heavy atom. The molecule has 2 amide bonds. The first kappa shape index (κ1) is 19.4. The summed E-state index contributed by atoms with van der Waals surface area (Å²) in [7, 11) is 1.23. The van der Waals surface area contributed by atoms with Crippen molar-refractivity contribution in [3.8, 4) is 0 Å². The van der Waals surface area contributed by atoms with E-state index in [9.17, 15) is 24.3 Å². The van der Waals surface area contributed by atoms with E-state index in [1.54, 1.807) is 0 Å². The Bertz CT molecular complexity index is 1120. The van der Waals surface area contributed by atoms with E-state index in [-0.39, 0.29) is 22.6 Å². The van der Waals surface area contributed by atoms with Crippen molar-refractivity contribution in [1.29, 1.82) is 0 Å². The summed E-state index contributed by atoms with van der Waals surface area (Å²) >= 11 is 0. The molecule has 0 unspecified atom stereocenters. The van der Waals surface area contributed by atoms with Crippen molar-refractivity contribution >= 4 is 29.4 Å².